The monoisotopic (exact) mass is 270 g/mol. The Morgan fingerprint density at radius 3 is 2.60 bits per heavy atom. The van der Waals surface area contributed by atoms with Crippen molar-refractivity contribution in [2.45, 2.75) is 19.9 Å². The lowest BCUT2D eigenvalue weighted by Crippen LogP contribution is -2.28. The van der Waals surface area contributed by atoms with Crippen molar-refractivity contribution in [3.63, 3.8) is 0 Å². The predicted octanol–water partition coefficient (Wildman–Crippen LogP) is 2.18. The number of carbonyl (C=O) groups is 1. The normalized spacial score (nSPS) is 11.9. The smallest absolute Gasteiger partial charge is 0.252 e. The quantitative estimate of drug-likeness (QED) is 0.929. The van der Waals surface area contributed by atoms with Crippen LogP contribution in [-0.2, 0) is 7.05 Å². The number of amides is 1. The molecule has 2 rings (SSSR count). The number of carbonyl (C=O) groups excluding carboxylic acids is 1. The fraction of sp³-hybridized carbons (Fsp3) is 0.250. The second kappa shape index (κ2) is 5.74. The number of hydrogen-bond acceptors (Lipinski definition) is 2. The van der Waals surface area contributed by atoms with E-state index in [4.69, 9.17) is 0 Å². The van der Waals surface area contributed by atoms with Gasteiger partial charge in [0.2, 0.25) is 0 Å². The summed E-state index contributed by atoms with van der Waals surface area (Å²) in [6.45, 7) is 3.94. The number of nitrogens with zero attached hydrogens (tertiary/aromatic N) is 1. The molecule has 1 unspecified atom stereocenters. The Morgan fingerprint density at radius 1 is 1.25 bits per heavy atom. The minimum absolute atomic E-state index is 0.104. The summed E-state index contributed by atoms with van der Waals surface area (Å²) in [5, 5.41) is 2.91. The van der Waals surface area contributed by atoms with Gasteiger partial charge in [0.1, 0.15) is 0 Å². The van der Waals surface area contributed by atoms with Crippen molar-refractivity contribution in [3.05, 3.63) is 69.6 Å². The van der Waals surface area contributed by atoms with E-state index in [1.165, 1.54) is 10.6 Å². The summed E-state index contributed by atoms with van der Waals surface area (Å²) < 4.78 is 1.43. The Balaban J connectivity index is 2.17. The summed E-state index contributed by atoms with van der Waals surface area (Å²) >= 11 is 0. The zero-order valence-electron chi connectivity index (χ0n) is 11.9. The molecule has 1 N–H and O–H groups in total. The third kappa shape index (κ3) is 2.96. The van der Waals surface area contributed by atoms with E-state index in [2.05, 4.69) is 5.32 Å². The van der Waals surface area contributed by atoms with E-state index in [0.717, 1.165) is 11.1 Å². The fourth-order valence-electron chi connectivity index (χ4n) is 2.12. The van der Waals surface area contributed by atoms with Crippen molar-refractivity contribution in [2.75, 3.05) is 0 Å². The topological polar surface area (TPSA) is 51.1 Å². The summed E-state index contributed by atoms with van der Waals surface area (Å²) in [6.07, 6.45) is 1.59. The van der Waals surface area contributed by atoms with Crippen molar-refractivity contribution >= 4 is 5.91 Å². The summed E-state index contributed by atoms with van der Waals surface area (Å²) in [7, 11) is 1.65. The fourth-order valence-corrected chi connectivity index (χ4v) is 2.12. The number of nitrogens with one attached hydrogen (secondary N) is 1. The van der Waals surface area contributed by atoms with Gasteiger partial charge in [-0.15, -0.1) is 0 Å². The second-order valence-electron chi connectivity index (χ2n) is 4.92. The summed E-state index contributed by atoms with van der Waals surface area (Å²) in [6, 6.07) is 10.8. The van der Waals surface area contributed by atoms with E-state index in [-0.39, 0.29) is 17.5 Å². The van der Waals surface area contributed by atoms with Gasteiger partial charge in [0, 0.05) is 24.9 Å². The van der Waals surface area contributed by atoms with Crippen LogP contribution in [0.15, 0.2) is 47.4 Å². The van der Waals surface area contributed by atoms with Crippen LogP contribution < -0.4 is 10.9 Å². The molecule has 0 radical (unpaired) electrons. The molecular formula is C16H18N2O2. The van der Waals surface area contributed by atoms with Crippen LogP contribution >= 0.6 is 0 Å². The van der Waals surface area contributed by atoms with Gasteiger partial charge in [0.05, 0.1) is 6.04 Å². The van der Waals surface area contributed by atoms with Crippen LogP contribution in [0.4, 0.5) is 0 Å². The third-order valence-corrected chi connectivity index (χ3v) is 3.37. The summed E-state index contributed by atoms with van der Waals surface area (Å²) in [5.41, 5.74) is 2.39. The van der Waals surface area contributed by atoms with Crippen LogP contribution in [-0.4, -0.2) is 10.5 Å². The average molecular weight is 270 g/mol. The van der Waals surface area contributed by atoms with Crippen LogP contribution in [0.5, 0.6) is 0 Å². The maximum Gasteiger partial charge on any atom is 0.252 e. The molecule has 1 heterocycles. The van der Waals surface area contributed by atoms with Crippen LogP contribution in [0.2, 0.25) is 0 Å². The van der Waals surface area contributed by atoms with Gasteiger partial charge in [-0.25, -0.2) is 0 Å². The number of benzene rings is 1. The zero-order chi connectivity index (χ0) is 14.7. The highest BCUT2D eigenvalue weighted by atomic mass is 16.2. The molecule has 0 aliphatic rings. The molecule has 0 fully saturated rings. The highest BCUT2D eigenvalue weighted by Crippen LogP contribution is 2.16. The van der Waals surface area contributed by atoms with Gasteiger partial charge < -0.3 is 9.88 Å². The van der Waals surface area contributed by atoms with E-state index < -0.39 is 0 Å². The van der Waals surface area contributed by atoms with Crippen LogP contribution in [0, 0.1) is 6.92 Å². The molecule has 0 spiro atoms. The van der Waals surface area contributed by atoms with Gasteiger partial charge in [0.25, 0.3) is 11.5 Å². The number of pyridine rings is 1. The minimum Gasteiger partial charge on any atom is -0.346 e. The maximum absolute atomic E-state index is 12.1. The summed E-state index contributed by atoms with van der Waals surface area (Å²) in [4.78, 5) is 23.7. The molecule has 0 saturated heterocycles. The highest BCUT2D eigenvalue weighted by Gasteiger charge is 2.13. The Hall–Kier alpha value is -2.36. The Bertz CT molecular complexity index is 689. The predicted molar refractivity (Wildman–Crippen MR) is 78.7 cm³/mol. The van der Waals surface area contributed by atoms with Gasteiger partial charge in [-0.1, -0.05) is 24.3 Å². The molecule has 4 heteroatoms. The van der Waals surface area contributed by atoms with E-state index in [0.29, 0.717) is 5.56 Å². The van der Waals surface area contributed by atoms with Gasteiger partial charge in [-0.05, 0) is 31.0 Å². The largest absolute Gasteiger partial charge is 0.346 e. The number of hydrogen-bond donors (Lipinski definition) is 1. The molecule has 1 atom stereocenters. The molecule has 1 aromatic heterocycles. The standard InChI is InChI=1S/C16H18N2O2/c1-11-6-4-5-7-14(11)12(2)17-16(20)13-8-9-18(3)15(19)10-13/h4-10,12H,1-3H3,(H,17,20). The van der Waals surface area contributed by atoms with Crippen molar-refractivity contribution in [1.82, 2.24) is 9.88 Å². The van der Waals surface area contributed by atoms with Crippen LogP contribution in [0.25, 0.3) is 0 Å². The van der Waals surface area contributed by atoms with Crippen molar-refractivity contribution in [3.8, 4) is 0 Å². The second-order valence-corrected chi connectivity index (χ2v) is 4.92. The van der Waals surface area contributed by atoms with Crippen LogP contribution in [0.3, 0.4) is 0 Å². The van der Waals surface area contributed by atoms with Gasteiger partial charge >= 0.3 is 0 Å². The average Bonchev–Trinajstić information content (AvgIpc) is 2.42. The highest BCUT2D eigenvalue weighted by molar-refractivity contribution is 5.94. The first kappa shape index (κ1) is 14.1. The first-order chi connectivity index (χ1) is 9.49. The number of aromatic nitrogens is 1. The molecule has 104 valence electrons. The molecule has 2 aromatic rings. The first-order valence-electron chi connectivity index (χ1n) is 6.52. The lowest BCUT2D eigenvalue weighted by molar-refractivity contribution is 0.0939. The molecule has 0 saturated carbocycles. The number of rotatable bonds is 3. The maximum atomic E-state index is 12.1. The zero-order valence-corrected chi connectivity index (χ0v) is 11.9. The summed E-state index contributed by atoms with van der Waals surface area (Å²) in [5.74, 6) is -0.238. The van der Waals surface area contributed by atoms with Gasteiger partial charge in [-0.2, -0.15) is 0 Å². The first-order valence-corrected chi connectivity index (χ1v) is 6.52. The van der Waals surface area contributed by atoms with Gasteiger partial charge in [0.15, 0.2) is 0 Å². The lowest BCUT2D eigenvalue weighted by atomic mass is 10.0. The molecule has 20 heavy (non-hydrogen) atoms. The third-order valence-electron chi connectivity index (χ3n) is 3.37. The molecule has 1 aromatic carbocycles. The molecule has 1 amide bonds. The van der Waals surface area contributed by atoms with E-state index >= 15 is 0 Å². The molecule has 4 nitrogen and oxygen atoms in total. The molecular weight excluding hydrogens is 252 g/mol. The molecule has 0 aliphatic heterocycles. The van der Waals surface area contributed by atoms with E-state index in [9.17, 15) is 9.59 Å². The Kier molecular flexibility index (Phi) is 4.03. The Morgan fingerprint density at radius 2 is 1.95 bits per heavy atom. The number of aryl methyl sites for hydroxylation is 2. The lowest BCUT2D eigenvalue weighted by Gasteiger charge is -2.16. The van der Waals surface area contributed by atoms with E-state index in [1.807, 2.05) is 38.1 Å². The van der Waals surface area contributed by atoms with Crippen molar-refractivity contribution < 1.29 is 4.79 Å². The molecule has 0 bridgehead atoms. The van der Waals surface area contributed by atoms with Crippen molar-refractivity contribution in [2.24, 2.45) is 7.05 Å². The van der Waals surface area contributed by atoms with E-state index in [1.54, 1.807) is 19.3 Å². The van der Waals surface area contributed by atoms with Crippen LogP contribution in [0.1, 0.15) is 34.5 Å². The SMILES string of the molecule is Cc1ccccc1C(C)NC(=O)c1ccn(C)c(=O)c1. The van der Waals surface area contributed by atoms with Crippen molar-refractivity contribution in [1.29, 1.82) is 0 Å². The Labute approximate surface area is 118 Å². The van der Waals surface area contributed by atoms with Gasteiger partial charge in [-0.3, -0.25) is 9.59 Å². The molecule has 0 aliphatic carbocycles. The minimum atomic E-state index is -0.238.